The molecule has 6 heteroatoms. The van der Waals surface area contributed by atoms with Crippen LogP contribution in [0.4, 0.5) is 10.5 Å². The maximum absolute atomic E-state index is 12.9. The van der Waals surface area contributed by atoms with Crippen molar-refractivity contribution in [2.75, 3.05) is 18.5 Å². The van der Waals surface area contributed by atoms with E-state index in [4.69, 9.17) is 9.47 Å². The van der Waals surface area contributed by atoms with Gasteiger partial charge >= 0.3 is 6.03 Å². The molecule has 3 aromatic carbocycles. The number of carbonyl (C=O) groups excluding carboxylic acids is 1. The molecule has 3 N–H and O–H groups in total. The molecule has 33 heavy (non-hydrogen) atoms. The monoisotopic (exact) mass is 446 g/mol. The van der Waals surface area contributed by atoms with Crippen LogP contribution in [0, 0.1) is 5.92 Å². The minimum atomic E-state index is -0.844. The van der Waals surface area contributed by atoms with Gasteiger partial charge < -0.3 is 25.2 Å². The van der Waals surface area contributed by atoms with Gasteiger partial charge in [-0.15, -0.1) is 0 Å². The molecule has 5 rings (SSSR count). The van der Waals surface area contributed by atoms with Crippen LogP contribution in [0.25, 0.3) is 10.8 Å². The van der Waals surface area contributed by atoms with Gasteiger partial charge in [-0.25, -0.2) is 4.79 Å². The summed E-state index contributed by atoms with van der Waals surface area (Å²) in [7, 11) is 0. The first-order valence-corrected chi connectivity index (χ1v) is 11.8. The van der Waals surface area contributed by atoms with Crippen molar-refractivity contribution in [2.24, 2.45) is 5.92 Å². The number of carbonyl (C=O) groups is 1. The number of rotatable bonds is 6. The average Bonchev–Trinajstić information content (AvgIpc) is 3.36. The molecule has 0 aromatic heterocycles. The van der Waals surface area contributed by atoms with Crippen LogP contribution in [0.15, 0.2) is 60.7 Å². The zero-order valence-electron chi connectivity index (χ0n) is 18.6. The molecule has 3 aromatic rings. The summed E-state index contributed by atoms with van der Waals surface area (Å²) < 4.78 is 11.3. The highest BCUT2D eigenvalue weighted by Crippen LogP contribution is 2.36. The van der Waals surface area contributed by atoms with Crippen molar-refractivity contribution in [1.29, 1.82) is 0 Å². The Balaban J connectivity index is 1.32. The van der Waals surface area contributed by atoms with Crippen molar-refractivity contribution in [1.82, 2.24) is 5.32 Å². The zero-order valence-corrected chi connectivity index (χ0v) is 18.6. The van der Waals surface area contributed by atoms with Gasteiger partial charge in [-0.05, 0) is 52.9 Å². The number of nitrogens with one attached hydrogen (secondary N) is 2. The second-order valence-electron chi connectivity index (χ2n) is 9.00. The van der Waals surface area contributed by atoms with Crippen LogP contribution in [0.5, 0.6) is 11.5 Å². The summed E-state index contributed by atoms with van der Waals surface area (Å²) in [4.78, 5) is 12.9. The Morgan fingerprint density at radius 1 is 0.939 bits per heavy atom. The largest absolute Gasteiger partial charge is 0.486 e. The molecular weight excluding hydrogens is 416 g/mol. The number of amides is 2. The lowest BCUT2D eigenvalue weighted by Gasteiger charge is -2.28. The number of aliphatic hydroxyl groups excluding tert-OH is 1. The molecule has 1 fully saturated rings. The lowest BCUT2D eigenvalue weighted by molar-refractivity contribution is 0.117. The second kappa shape index (κ2) is 9.71. The van der Waals surface area contributed by atoms with Gasteiger partial charge in [0.1, 0.15) is 13.2 Å². The maximum atomic E-state index is 12.9. The second-order valence-corrected chi connectivity index (χ2v) is 9.00. The lowest BCUT2D eigenvalue weighted by atomic mass is 9.91. The number of hydrogen-bond acceptors (Lipinski definition) is 4. The minimum Gasteiger partial charge on any atom is -0.486 e. The van der Waals surface area contributed by atoms with Crippen molar-refractivity contribution in [2.45, 2.75) is 44.2 Å². The topological polar surface area (TPSA) is 79.8 Å². The van der Waals surface area contributed by atoms with E-state index in [1.807, 2.05) is 60.7 Å². The Bertz CT molecular complexity index is 1130. The predicted molar refractivity (Wildman–Crippen MR) is 129 cm³/mol. The summed E-state index contributed by atoms with van der Waals surface area (Å²) in [6.45, 7) is 1.01. The van der Waals surface area contributed by atoms with Crippen LogP contribution in [0.2, 0.25) is 0 Å². The summed E-state index contributed by atoms with van der Waals surface area (Å²) in [6.07, 6.45) is 4.59. The fourth-order valence-electron chi connectivity index (χ4n) is 4.95. The molecule has 1 aliphatic heterocycles. The van der Waals surface area contributed by atoms with E-state index in [9.17, 15) is 9.90 Å². The normalized spacial score (nSPS) is 17.5. The summed E-state index contributed by atoms with van der Waals surface area (Å²) in [5, 5.41) is 19.4. The predicted octanol–water partition coefficient (Wildman–Crippen LogP) is 5.42. The van der Waals surface area contributed by atoms with Gasteiger partial charge in [-0.1, -0.05) is 62.1 Å². The number of fused-ring (bicyclic) bond motifs is 2. The van der Waals surface area contributed by atoms with Crippen LogP contribution in [-0.2, 0) is 0 Å². The summed E-state index contributed by atoms with van der Waals surface area (Å²) in [5.74, 6) is 1.83. The fraction of sp³-hybridized carbons (Fsp3) is 0.370. The first-order chi connectivity index (χ1) is 16.2. The first-order valence-electron chi connectivity index (χ1n) is 11.8. The van der Waals surface area contributed by atoms with E-state index in [-0.39, 0.29) is 6.03 Å². The van der Waals surface area contributed by atoms with Gasteiger partial charge in [0.15, 0.2) is 11.5 Å². The van der Waals surface area contributed by atoms with Crippen molar-refractivity contribution >= 4 is 22.5 Å². The molecule has 1 aliphatic carbocycles. The van der Waals surface area contributed by atoms with E-state index in [2.05, 4.69) is 10.6 Å². The van der Waals surface area contributed by atoms with E-state index in [0.717, 1.165) is 35.7 Å². The van der Waals surface area contributed by atoms with Gasteiger partial charge in [0.2, 0.25) is 0 Å². The molecule has 2 amide bonds. The van der Waals surface area contributed by atoms with Crippen LogP contribution < -0.4 is 20.1 Å². The Labute approximate surface area is 193 Å². The number of urea groups is 1. The fourth-order valence-corrected chi connectivity index (χ4v) is 4.95. The first kappa shape index (κ1) is 21.6. The van der Waals surface area contributed by atoms with Gasteiger partial charge in [0.05, 0.1) is 12.1 Å². The molecule has 0 bridgehead atoms. The molecule has 2 unspecified atom stereocenters. The third-order valence-electron chi connectivity index (χ3n) is 6.67. The van der Waals surface area contributed by atoms with E-state index < -0.39 is 12.1 Å². The Kier molecular flexibility index (Phi) is 6.35. The molecule has 0 saturated heterocycles. The highest BCUT2D eigenvalue weighted by molar-refractivity contribution is 5.93. The molecule has 2 aliphatic rings. The van der Waals surface area contributed by atoms with Gasteiger partial charge in [0, 0.05) is 5.69 Å². The standard InChI is InChI=1S/C27H30N2O4/c30-26(21-10-12-24-25(17-21)33-14-13-32-24)23(15-18-5-1-2-6-18)29-27(31)28-22-11-9-19-7-3-4-8-20(19)16-22/h3-4,7-12,16-18,23,26,30H,1-2,5-6,13-15H2,(H2,28,29,31). The van der Waals surface area contributed by atoms with E-state index in [1.54, 1.807) is 0 Å². The zero-order chi connectivity index (χ0) is 22.6. The van der Waals surface area contributed by atoms with Crippen molar-refractivity contribution in [3.63, 3.8) is 0 Å². The Hall–Kier alpha value is -3.25. The van der Waals surface area contributed by atoms with Crippen molar-refractivity contribution in [3.8, 4) is 11.5 Å². The minimum absolute atomic E-state index is 0.315. The molecule has 1 saturated carbocycles. The number of hydrogen-bond donors (Lipinski definition) is 3. The molecule has 172 valence electrons. The molecule has 2 atom stereocenters. The highest BCUT2D eigenvalue weighted by atomic mass is 16.6. The van der Waals surface area contributed by atoms with Crippen molar-refractivity contribution < 1.29 is 19.4 Å². The number of anilines is 1. The Morgan fingerprint density at radius 2 is 1.70 bits per heavy atom. The van der Waals surface area contributed by atoms with E-state index in [1.165, 1.54) is 12.8 Å². The average molecular weight is 447 g/mol. The summed E-state index contributed by atoms with van der Waals surface area (Å²) >= 11 is 0. The molecular formula is C27H30N2O4. The third-order valence-corrected chi connectivity index (χ3v) is 6.67. The highest BCUT2D eigenvalue weighted by Gasteiger charge is 2.29. The van der Waals surface area contributed by atoms with Gasteiger partial charge in [0.25, 0.3) is 0 Å². The van der Waals surface area contributed by atoms with Gasteiger partial charge in [-0.2, -0.15) is 0 Å². The van der Waals surface area contributed by atoms with Crippen molar-refractivity contribution in [3.05, 3.63) is 66.2 Å². The van der Waals surface area contributed by atoms with Crippen LogP contribution in [0.3, 0.4) is 0 Å². The quantitative estimate of drug-likeness (QED) is 0.473. The molecule has 0 radical (unpaired) electrons. The molecule has 1 heterocycles. The van der Waals surface area contributed by atoms with E-state index in [0.29, 0.717) is 36.2 Å². The number of aliphatic hydroxyl groups is 1. The lowest BCUT2D eigenvalue weighted by Crippen LogP contribution is -2.42. The Morgan fingerprint density at radius 3 is 2.52 bits per heavy atom. The van der Waals surface area contributed by atoms with Crippen LogP contribution in [0.1, 0.15) is 43.8 Å². The van der Waals surface area contributed by atoms with Crippen LogP contribution in [-0.4, -0.2) is 30.4 Å². The van der Waals surface area contributed by atoms with Crippen LogP contribution >= 0.6 is 0 Å². The molecule has 0 spiro atoms. The van der Waals surface area contributed by atoms with Gasteiger partial charge in [-0.3, -0.25) is 0 Å². The third kappa shape index (κ3) is 5.06. The summed E-state index contributed by atoms with van der Waals surface area (Å²) in [6, 6.07) is 18.7. The molecule has 6 nitrogen and oxygen atoms in total. The number of ether oxygens (including phenoxy) is 2. The SMILES string of the molecule is O=C(Nc1ccc2ccccc2c1)NC(CC1CCCC1)C(O)c1ccc2c(c1)OCCO2. The summed E-state index contributed by atoms with van der Waals surface area (Å²) in [5.41, 5.74) is 1.44. The number of benzene rings is 3. The van der Waals surface area contributed by atoms with E-state index >= 15 is 0 Å². The smallest absolute Gasteiger partial charge is 0.319 e. The maximum Gasteiger partial charge on any atom is 0.319 e.